The number of methoxy groups -OCH3 is 3. The molecule has 0 aliphatic carbocycles. The van der Waals surface area contributed by atoms with E-state index in [1.807, 2.05) is 0 Å². The highest BCUT2D eigenvalue weighted by Gasteiger charge is 2.32. The summed E-state index contributed by atoms with van der Waals surface area (Å²) in [6, 6.07) is 0. The zero-order valence-electron chi connectivity index (χ0n) is 9.16. The molecule has 0 saturated heterocycles. The molecular weight excluding hydrogens is 224 g/mol. The van der Waals surface area contributed by atoms with Gasteiger partial charge in [0.05, 0.1) is 25.5 Å². The van der Waals surface area contributed by atoms with Crippen molar-refractivity contribution < 1.29 is 24.1 Å². The first kappa shape index (κ1) is 14.6. The van der Waals surface area contributed by atoms with Gasteiger partial charge in [0, 0.05) is 20.6 Å². The van der Waals surface area contributed by atoms with Gasteiger partial charge in [-0.25, -0.2) is 0 Å². The minimum Gasteiger partial charge on any atom is -0.469 e. The van der Waals surface area contributed by atoms with Crippen molar-refractivity contribution in [1.29, 1.82) is 0 Å². The molecule has 6 heteroatoms. The Kier molecular flexibility index (Phi) is 6.84. The van der Waals surface area contributed by atoms with Gasteiger partial charge in [0.15, 0.2) is 5.79 Å². The Morgan fingerprint density at radius 2 is 1.93 bits per heavy atom. The number of rotatable bonds is 7. The van der Waals surface area contributed by atoms with Crippen LogP contribution in [0.1, 0.15) is 12.8 Å². The minimum atomic E-state index is -1.06. The Morgan fingerprint density at radius 3 is 2.27 bits per heavy atom. The molecule has 5 nitrogen and oxygen atoms in total. The van der Waals surface area contributed by atoms with Crippen LogP contribution in [-0.4, -0.2) is 50.2 Å². The highest BCUT2D eigenvalue weighted by molar-refractivity contribution is 6.18. The van der Waals surface area contributed by atoms with Gasteiger partial charge in [-0.05, 0) is 0 Å². The summed E-state index contributed by atoms with van der Waals surface area (Å²) >= 11 is 5.66. The number of carbonyl (C=O) groups excluding carboxylic acids is 1. The van der Waals surface area contributed by atoms with Crippen molar-refractivity contribution in [1.82, 2.24) is 0 Å². The summed E-state index contributed by atoms with van der Waals surface area (Å²) in [5.74, 6) is -1.48. The van der Waals surface area contributed by atoms with E-state index in [1.165, 1.54) is 21.3 Å². The Bertz CT molecular complexity index is 185. The van der Waals surface area contributed by atoms with Gasteiger partial charge in [0.25, 0.3) is 0 Å². The van der Waals surface area contributed by atoms with E-state index in [0.29, 0.717) is 0 Å². The summed E-state index contributed by atoms with van der Waals surface area (Å²) < 4.78 is 14.5. The zero-order chi connectivity index (χ0) is 11.9. The lowest BCUT2D eigenvalue weighted by Crippen LogP contribution is -2.40. The summed E-state index contributed by atoms with van der Waals surface area (Å²) in [5, 5.41) is 9.56. The second kappa shape index (κ2) is 7.00. The topological polar surface area (TPSA) is 65.0 Å². The largest absolute Gasteiger partial charge is 0.469 e. The summed E-state index contributed by atoms with van der Waals surface area (Å²) in [5.41, 5.74) is 0. The standard InChI is InChI=1S/C9H17ClO5/c1-13-8(12)4-7(11)5-9(6-10,14-2)15-3/h7,11H,4-6H2,1-3H3. The number of esters is 1. The molecule has 0 bridgehead atoms. The van der Waals surface area contributed by atoms with Crippen LogP contribution >= 0.6 is 11.6 Å². The Hall–Kier alpha value is -0.360. The molecule has 0 spiro atoms. The van der Waals surface area contributed by atoms with Gasteiger partial charge in [0.2, 0.25) is 0 Å². The van der Waals surface area contributed by atoms with Crippen molar-refractivity contribution in [2.24, 2.45) is 0 Å². The lowest BCUT2D eigenvalue weighted by atomic mass is 10.1. The first-order valence-electron chi connectivity index (χ1n) is 4.44. The van der Waals surface area contributed by atoms with Gasteiger partial charge in [-0.15, -0.1) is 11.6 Å². The highest BCUT2D eigenvalue weighted by atomic mass is 35.5. The van der Waals surface area contributed by atoms with E-state index in [2.05, 4.69) is 4.74 Å². The molecule has 0 saturated carbocycles. The fourth-order valence-corrected chi connectivity index (χ4v) is 1.45. The van der Waals surface area contributed by atoms with E-state index in [0.717, 1.165) is 0 Å². The molecule has 0 aromatic rings. The predicted molar refractivity (Wildman–Crippen MR) is 54.7 cm³/mol. The van der Waals surface area contributed by atoms with Crippen LogP contribution in [0.5, 0.6) is 0 Å². The van der Waals surface area contributed by atoms with Crippen molar-refractivity contribution in [2.75, 3.05) is 27.2 Å². The lowest BCUT2D eigenvalue weighted by Gasteiger charge is -2.30. The summed E-state index contributed by atoms with van der Waals surface area (Å²) in [4.78, 5) is 10.9. The predicted octanol–water partition coefficient (Wildman–Crippen LogP) is 0.528. The summed E-state index contributed by atoms with van der Waals surface area (Å²) in [6.07, 6.45) is -0.906. The number of aliphatic hydroxyl groups is 1. The van der Waals surface area contributed by atoms with Crippen LogP contribution in [0.4, 0.5) is 0 Å². The van der Waals surface area contributed by atoms with Gasteiger partial charge in [0.1, 0.15) is 0 Å². The van der Waals surface area contributed by atoms with Crippen molar-refractivity contribution >= 4 is 17.6 Å². The molecule has 0 radical (unpaired) electrons. The molecule has 0 rings (SSSR count). The molecule has 1 atom stereocenters. The minimum absolute atomic E-state index is 0.0677. The molecule has 0 aromatic heterocycles. The monoisotopic (exact) mass is 240 g/mol. The van der Waals surface area contributed by atoms with Crippen LogP contribution in [0.15, 0.2) is 0 Å². The van der Waals surface area contributed by atoms with Crippen molar-refractivity contribution in [2.45, 2.75) is 24.7 Å². The molecule has 0 amide bonds. The highest BCUT2D eigenvalue weighted by Crippen LogP contribution is 2.21. The van der Waals surface area contributed by atoms with E-state index in [4.69, 9.17) is 21.1 Å². The Balaban J connectivity index is 4.22. The smallest absolute Gasteiger partial charge is 0.308 e. The maximum atomic E-state index is 10.9. The molecule has 90 valence electrons. The number of ether oxygens (including phenoxy) is 3. The third-order valence-corrected chi connectivity index (χ3v) is 2.53. The second-order valence-electron chi connectivity index (χ2n) is 3.09. The third-order valence-electron chi connectivity index (χ3n) is 2.12. The number of alkyl halides is 1. The van der Waals surface area contributed by atoms with Crippen molar-refractivity contribution in [3.63, 3.8) is 0 Å². The van der Waals surface area contributed by atoms with Gasteiger partial charge in [-0.1, -0.05) is 0 Å². The fourth-order valence-electron chi connectivity index (χ4n) is 1.12. The number of hydrogen-bond acceptors (Lipinski definition) is 5. The van der Waals surface area contributed by atoms with Crippen molar-refractivity contribution in [3.8, 4) is 0 Å². The number of hydrogen-bond donors (Lipinski definition) is 1. The lowest BCUT2D eigenvalue weighted by molar-refractivity contribution is -0.207. The quantitative estimate of drug-likeness (QED) is 0.400. The molecule has 1 N–H and O–H groups in total. The molecule has 15 heavy (non-hydrogen) atoms. The molecule has 0 heterocycles. The van der Waals surface area contributed by atoms with Crippen LogP contribution < -0.4 is 0 Å². The number of halogens is 1. The van der Waals surface area contributed by atoms with Gasteiger partial charge in [-0.3, -0.25) is 4.79 Å². The Labute approximate surface area is 94.3 Å². The van der Waals surface area contributed by atoms with E-state index in [1.54, 1.807) is 0 Å². The molecule has 1 unspecified atom stereocenters. The van der Waals surface area contributed by atoms with Crippen molar-refractivity contribution in [3.05, 3.63) is 0 Å². The molecular formula is C9H17ClO5. The summed E-state index contributed by atoms with van der Waals surface area (Å²) in [6.45, 7) is 0. The molecule has 0 aliphatic rings. The van der Waals surface area contributed by atoms with Gasteiger partial charge in [-0.2, -0.15) is 0 Å². The number of carbonyl (C=O) groups is 1. The van der Waals surface area contributed by atoms with E-state index >= 15 is 0 Å². The zero-order valence-corrected chi connectivity index (χ0v) is 9.91. The second-order valence-corrected chi connectivity index (χ2v) is 3.36. The Morgan fingerprint density at radius 1 is 1.40 bits per heavy atom. The van der Waals surface area contributed by atoms with Crippen LogP contribution in [0.3, 0.4) is 0 Å². The SMILES string of the molecule is COC(=O)CC(O)CC(CCl)(OC)OC. The average molecular weight is 241 g/mol. The third kappa shape index (κ3) is 4.79. The molecule has 0 aromatic carbocycles. The average Bonchev–Trinajstić information content (AvgIpc) is 2.26. The normalized spacial score (nSPS) is 13.7. The van der Waals surface area contributed by atoms with Crippen LogP contribution in [-0.2, 0) is 19.0 Å². The van der Waals surface area contributed by atoms with Crippen LogP contribution in [0.25, 0.3) is 0 Å². The van der Waals surface area contributed by atoms with E-state index in [9.17, 15) is 9.90 Å². The van der Waals surface area contributed by atoms with Crippen LogP contribution in [0, 0.1) is 0 Å². The van der Waals surface area contributed by atoms with Gasteiger partial charge >= 0.3 is 5.97 Å². The maximum Gasteiger partial charge on any atom is 0.308 e. The van der Waals surface area contributed by atoms with Gasteiger partial charge < -0.3 is 19.3 Å². The van der Waals surface area contributed by atoms with E-state index < -0.39 is 17.9 Å². The van der Waals surface area contributed by atoms with Crippen LogP contribution in [0.2, 0.25) is 0 Å². The number of aliphatic hydroxyl groups excluding tert-OH is 1. The molecule has 0 aliphatic heterocycles. The molecule has 0 fully saturated rings. The fraction of sp³-hybridized carbons (Fsp3) is 0.889. The first-order valence-corrected chi connectivity index (χ1v) is 4.98. The summed E-state index contributed by atoms with van der Waals surface area (Å²) in [7, 11) is 4.12. The van der Waals surface area contributed by atoms with E-state index in [-0.39, 0.29) is 18.7 Å². The first-order chi connectivity index (χ1) is 7.03. The maximum absolute atomic E-state index is 10.9.